The lowest BCUT2D eigenvalue weighted by Crippen LogP contribution is -2.20. The van der Waals surface area contributed by atoms with Crippen LogP contribution in [0.5, 0.6) is 5.75 Å². The van der Waals surface area contributed by atoms with Gasteiger partial charge in [0.15, 0.2) is 11.5 Å². The van der Waals surface area contributed by atoms with Gasteiger partial charge in [-0.15, -0.1) is 5.10 Å². The molecule has 136 valence electrons. The summed E-state index contributed by atoms with van der Waals surface area (Å²) in [7, 11) is 3.90. The van der Waals surface area contributed by atoms with E-state index in [0.29, 0.717) is 28.7 Å². The van der Waals surface area contributed by atoms with E-state index in [4.69, 9.17) is 22.1 Å². The van der Waals surface area contributed by atoms with Gasteiger partial charge in [0.1, 0.15) is 23.6 Å². The first kappa shape index (κ1) is 17.9. The minimum Gasteiger partial charge on any atom is -0.490 e. The highest BCUT2D eigenvalue weighted by atomic mass is 35.5. The number of halogens is 1. The van der Waals surface area contributed by atoms with Gasteiger partial charge in [0.2, 0.25) is 0 Å². The molecule has 1 amide bonds. The number of nitrogens with two attached hydrogens (primary N) is 1. The van der Waals surface area contributed by atoms with Crippen LogP contribution in [0, 0.1) is 0 Å². The fourth-order valence-electron chi connectivity index (χ4n) is 2.27. The summed E-state index contributed by atoms with van der Waals surface area (Å²) in [5.41, 5.74) is 6.78. The van der Waals surface area contributed by atoms with Crippen molar-refractivity contribution in [1.29, 1.82) is 0 Å². The minimum atomic E-state index is -0.460. The average Bonchev–Trinajstić information content (AvgIpc) is 2.91. The lowest BCUT2D eigenvalue weighted by molar-refractivity contribution is 0.102. The topological polar surface area (TPSA) is 111 Å². The molecule has 26 heavy (non-hydrogen) atoms. The molecule has 0 unspecified atom stereocenters. The van der Waals surface area contributed by atoms with Crippen molar-refractivity contribution in [1.82, 2.24) is 24.5 Å². The number of hydrogen-bond acceptors (Lipinski definition) is 7. The number of nitrogens with zero attached hydrogens (tertiary/aromatic N) is 5. The second-order valence-electron chi connectivity index (χ2n) is 5.78. The second-order valence-corrected chi connectivity index (χ2v) is 6.21. The van der Waals surface area contributed by atoms with Gasteiger partial charge in [0, 0.05) is 25.0 Å². The summed E-state index contributed by atoms with van der Waals surface area (Å²) in [6, 6.07) is 1.68. The van der Waals surface area contributed by atoms with Crippen LogP contribution in [-0.2, 0) is 0 Å². The number of fused-ring (bicyclic) bond motifs is 1. The van der Waals surface area contributed by atoms with E-state index in [1.54, 1.807) is 12.3 Å². The zero-order valence-electron chi connectivity index (χ0n) is 14.3. The van der Waals surface area contributed by atoms with Gasteiger partial charge >= 0.3 is 0 Å². The molecule has 0 aliphatic rings. The van der Waals surface area contributed by atoms with E-state index in [9.17, 15) is 4.79 Å². The number of likely N-dealkylation sites (N-methyl/N-ethyl adjacent to an activating group) is 1. The number of pyridine rings is 1. The highest BCUT2D eigenvalue weighted by molar-refractivity contribution is 6.30. The van der Waals surface area contributed by atoms with Crippen LogP contribution in [0.15, 0.2) is 30.9 Å². The Morgan fingerprint density at radius 1 is 1.42 bits per heavy atom. The molecule has 0 spiro atoms. The Labute approximate surface area is 154 Å². The number of nitrogen functional groups attached to an aromatic ring is 1. The molecule has 3 heterocycles. The van der Waals surface area contributed by atoms with Gasteiger partial charge in [-0.2, -0.15) is 0 Å². The number of hydrogen-bond donors (Lipinski definition) is 2. The molecule has 0 aliphatic carbocycles. The third kappa shape index (κ3) is 3.84. The largest absolute Gasteiger partial charge is 0.490 e. The predicted molar refractivity (Wildman–Crippen MR) is 98.6 cm³/mol. The number of rotatable bonds is 6. The number of aromatic nitrogens is 4. The van der Waals surface area contributed by atoms with E-state index in [2.05, 4.69) is 20.4 Å². The Kier molecular flexibility index (Phi) is 5.19. The summed E-state index contributed by atoms with van der Waals surface area (Å²) < 4.78 is 7.08. The molecule has 0 bridgehead atoms. The first-order chi connectivity index (χ1) is 12.5. The molecule has 3 rings (SSSR count). The summed E-state index contributed by atoms with van der Waals surface area (Å²) in [5.74, 6) is 0.107. The lowest BCUT2D eigenvalue weighted by atomic mass is 10.2. The van der Waals surface area contributed by atoms with E-state index in [0.717, 1.165) is 6.54 Å². The molecule has 0 atom stereocenters. The SMILES string of the molecule is CN(C)CCOc1ccncc1NC(=O)c1c(N)nn2cc(Cl)cnc12. The summed E-state index contributed by atoms with van der Waals surface area (Å²) in [6.07, 6.45) is 6.05. The van der Waals surface area contributed by atoms with Crippen molar-refractivity contribution in [2.45, 2.75) is 0 Å². The van der Waals surface area contributed by atoms with E-state index in [1.165, 1.54) is 23.1 Å². The molecule has 0 saturated carbocycles. The van der Waals surface area contributed by atoms with Crippen LogP contribution in [0.3, 0.4) is 0 Å². The minimum absolute atomic E-state index is 0.0521. The normalized spacial score (nSPS) is 11.1. The van der Waals surface area contributed by atoms with Crippen LogP contribution >= 0.6 is 11.6 Å². The van der Waals surface area contributed by atoms with Crippen molar-refractivity contribution < 1.29 is 9.53 Å². The van der Waals surface area contributed by atoms with Gasteiger partial charge in [-0.05, 0) is 14.1 Å². The van der Waals surface area contributed by atoms with Crippen molar-refractivity contribution in [2.75, 3.05) is 38.3 Å². The zero-order valence-corrected chi connectivity index (χ0v) is 15.1. The number of nitrogens with one attached hydrogen (secondary N) is 1. The van der Waals surface area contributed by atoms with Gasteiger partial charge in [-0.1, -0.05) is 11.6 Å². The van der Waals surface area contributed by atoms with Gasteiger partial charge in [0.05, 0.1) is 17.4 Å². The third-order valence-corrected chi connectivity index (χ3v) is 3.72. The molecule has 9 nitrogen and oxygen atoms in total. The lowest BCUT2D eigenvalue weighted by Gasteiger charge is -2.14. The Morgan fingerprint density at radius 3 is 3.00 bits per heavy atom. The Bertz CT molecular complexity index is 941. The molecule has 0 radical (unpaired) electrons. The van der Waals surface area contributed by atoms with Crippen molar-refractivity contribution in [2.24, 2.45) is 0 Å². The molecule has 3 aromatic rings. The quantitative estimate of drug-likeness (QED) is 0.672. The Hall–Kier alpha value is -2.91. The Balaban J connectivity index is 1.84. The highest BCUT2D eigenvalue weighted by Gasteiger charge is 2.20. The summed E-state index contributed by atoms with van der Waals surface area (Å²) in [5, 5.41) is 7.20. The molecule has 3 N–H and O–H groups in total. The van der Waals surface area contributed by atoms with Crippen molar-refractivity contribution in [3.05, 3.63) is 41.4 Å². The molecule has 0 aromatic carbocycles. The molecule has 0 saturated heterocycles. The number of carbonyl (C=O) groups excluding carboxylic acids is 1. The smallest absolute Gasteiger partial charge is 0.263 e. The number of carbonyl (C=O) groups is 1. The third-order valence-electron chi connectivity index (χ3n) is 3.52. The van der Waals surface area contributed by atoms with Crippen LogP contribution in [0.2, 0.25) is 5.02 Å². The first-order valence-electron chi connectivity index (χ1n) is 7.78. The van der Waals surface area contributed by atoms with Crippen molar-refractivity contribution in [3.8, 4) is 5.75 Å². The van der Waals surface area contributed by atoms with Gasteiger partial charge in [-0.3, -0.25) is 9.78 Å². The summed E-state index contributed by atoms with van der Waals surface area (Å²) in [4.78, 5) is 22.9. The van der Waals surface area contributed by atoms with Gasteiger partial charge in [-0.25, -0.2) is 9.50 Å². The predicted octanol–water partition coefficient (Wildman–Crippen LogP) is 1.55. The van der Waals surface area contributed by atoms with E-state index in [1.807, 2.05) is 19.0 Å². The van der Waals surface area contributed by atoms with E-state index >= 15 is 0 Å². The van der Waals surface area contributed by atoms with Crippen molar-refractivity contribution >= 4 is 34.7 Å². The summed E-state index contributed by atoms with van der Waals surface area (Å²) in [6.45, 7) is 1.21. The standard InChI is InChI=1S/C16H18ClN7O2/c1-23(2)5-6-26-12-3-4-19-8-11(12)21-16(25)13-14(18)22-24-9-10(17)7-20-15(13)24/h3-4,7-9H,5-6H2,1-2H3,(H2,18,22)(H,21,25). The molecule has 0 aliphatic heterocycles. The maximum Gasteiger partial charge on any atom is 0.263 e. The van der Waals surface area contributed by atoms with Crippen LogP contribution in [0.1, 0.15) is 10.4 Å². The molecule has 10 heteroatoms. The van der Waals surface area contributed by atoms with Gasteiger partial charge < -0.3 is 20.7 Å². The fraction of sp³-hybridized carbons (Fsp3) is 0.250. The van der Waals surface area contributed by atoms with E-state index in [-0.39, 0.29) is 11.4 Å². The van der Waals surface area contributed by atoms with Crippen LogP contribution in [0.25, 0.3) is 5.65 Å². The molecular weight excluding hydrogens is 358 g/mol. The Morgan fingerprint density at radius 2 is 2.23 bits per heavy atom. The monoisotopic (exact) mass is 375 g/mol. The van der Waals surface area contributed by atoms with Gasteiger partial charge in [0.25, 0.3) is 5.91 Å². The van der Waals surface area contributed by atoms with Crippen molar-refractivity contribution in [3.63, 3.8) is 0 Å². The number of anilines is 2. The molecule has 3 aromatic heterocycles. The fourth-order valence-corrected chi connectivity index (χ4v) is 2.41. The van der Waals surface area contributed by atoms with Crippen LogP contribution < -0.4 is 15.8 Å². The summed E-state index contributed by atoms with van der Waals surface area (Å²) >= 11 is 5.89. The van der Waals surface area contributed by atoms with Crippen LogP contribution in [-0.4, -0.2) is 57.6 Å². The zero-order chi connectivity index (χ0) is 18.7. The molecule has 0 fully saturated rings. The average molecular weight is 376 g/mol. The van der Waals surface area contributed by atoms with Crippen LogP contribution in [0.4, 0.5) is 11.5 Å². The number of ether oxygens (including phenoxy) is 1. The second kappa shape index (κ2) is 7.54. The number of amides is 1. The first-order valence-corrected chi connectivity index (χ1v) is 8.15. The maximum atomic E-state index is 12.7. The van der Waals surface area contributed by atoms with E-state index < -0.39 is 5.91 Å². The highest BCUT2D eigenvalue weighted by Crippen LogP contribution is 2.25. The molecular formula is C16H18ClN7O2. The maximum absolute atomic E-state index is 12.7.